The van der Waals surface area contributed by atoms with Gasteiger partial charge in [0.05, 0.1) is 7.11 Å². The summed E-state index contributed by atoms with van der Waals surface area (Å²) < 4.78 is 16.8. The molecule has 0 atom stereocenters. The molecule has 1 fully saturated rings. The van der Waals surface area contributed by atoms with Crippen molar-refractivity contribution in [2.75, 3.05) is 48.5 Å². The van der Waals surface area contributed by atoms with Gasteiger partial charge in [0.25, 0.3) is 0 Å². The molecule has 0 spiro atoms. The van der Waals surface area contributed by atoms with E-state index in [1.54, 1.807) is 7.11 Å². The van der Waals surface area contributed by atoms with E-state index in [4.69, 9.17) is 4.74 Å². The molecule has 0 amide bonds. The van der Waals surface area contributed by atoms with Gasteiger partial charge in [-0.3, -0.25) is 4.21 Å². The number of aromatic nitrogens is 2. The largest absolute Gasteiger partial charge is 0.490 e. The number of anilines is 2. The van der Waals surface area contributed by atoms with Crippen LogP contribution in [0.2, 0.25) is 0 Å². The average Bonchev–Trinajstić information content (AvgIpc) is 2.40. The first-order valence-corrected chi connectivity index (χ1v) is 7.47. The molecule has 7 heteroatoms. The lowest BCUT2D eigenvalue weighted by molar-refractivity contribution is 0.412. The van der Waals surface area contributed by atoms with E-state index in [1.807, 2.05) is 6.92 Å². The summed E-state index contributed by atoms with van der Waals surface area (Å²) in [4.78, 5) is 10.6. The summed E-state index contributed by atoms with van der Waals surface area (Å²) >= 11 is 0. The van der Waals surface area contributed by atoms with Gasteiger partial charge in [0.1, 0.15) is 6.33 Å². The number of hydrogen-bond donors (Lipinski definition) is 1. The molecule has 18 heavy (non-hydrogen) atoms. The molecule has 0 radical (unpaired) electrons. The molecule has 0 bridgehead atoms. The summed E-state index contributed by atoms with van der Waals surface area (Å²) in [7, 11) is 0.923. The van der Waals surface area contributed by atoms with Crippen LogP contribution in [-0.2, 0) is 10.8 Å². The highest BCUT2D eigenvalue weighted by Gasteiger charge is 2.22. The Morgan fingerprint density at radius 1 is 1.44 bits per heavy atom. The second-order valence-electron chi connectivity index (χ2n) is 3.94. The predicted octanol–water partition coefficient (Wildman–Crippen LogP) is 0.486. The lowest BCUT2D eigenvalue weighted by atomic mass is 10.4. The smallest absolute Gasteiger partial charge is 0.204 e. The van der Waals surface area contributed by atoms with Crippen LogP contribution in [-0.4, -0.2) is 52.4 Å². The number of ether oxygens (including phenoxy) is 1. The summed E-state index contributed by atoms with van der Waals surface area (Å²) in [5.74, 6) is 3.51. The van der Waals surface area contributed by atoms with Gasteiger partial charge in [-0.15, -0.1) is 0 Å². The summed E-state index contributed by atoms with van der Waals surface area (Å²) in [6.45, 7) is 4.26. The molecular formula is C11H18N4O2S. The van der Waals surface area contributed by atoms with Crippen LogP contribution in [0.3, 0.4) is 0 Å². The molecule has 1 aliphatic rings. The fourth-order valence-electron chi connectivity index (χ4n) is 1.92. The Balaban J connectivity index is 2.26. The average molecular weight is 270 g/mol. The van der Waals surface area contributed by atoms with Crippen molar-refractivity contribution in [1.82, 2.24) is 9.97 Å². The molecule has 1 aromatic rings. The summed E-state index contributed by atoms with van der Waals surface area (Å²) in [6.07, 6.45) is 1.53. The van der Waals surface area contributed by atoms with Gasteiger partial charge in [-0.1, -0.05) is 0 Å². The van der Waals surface area contributed by atoms with Gasteiger partial charge in [0.2, 0.25) is 5.75 Å². The molecule has 0 aliphatic carbocycles. The molecule has 2 rings (SSSR count). The van der Waals surface area contributed by atoms with E-state index in [-0.39, 0.29) is 0 Å². The molecule has 1 N–H and O–H groups in total. The highest BCUT2D eigenvalue weighted by Crippen LogP contribution is 2.32. The summed E-state index contributed by atoms with van der Waals surface area (Å²) in [5.41, 5.74) is 0. The molecule has 0 aromatic carbocycles. The molecule has 6 nitrogen and oxygen atoms in total. The van der Waals surface area contributed by atoms with Gasteiger partial charge in [-0.25, -0.2) is 9.97 Å². The van der Waals surface area contributed by atoms with E-state index in [1.165, 1.54) is 6.33 Å². The van der Waals surface area contributed by atoms with Gasteiger partial charge < -0.3 is 15.0 Å². The molecule has 0 saturated carbocycles. The van der Waals surface area contributed by atoms with E-state index >= 15 is 0 Å². The van der Waals surface area contributed by atoms with E-state index in [9.17, 15) is 4.21 Å². The second-order valence-corrected chi connectivity index (χ2v) is 5.64. The van der Waals surface area contributed by atoms with Crippen LogP contribution in [0.5, 0.6) is 5.75 Å². The molecule has 100 valence electrons. The van der Waals surface area contributed by atoms with Crippen molar-refractivity contribution < 1.29 is 8.95 Å². The molecule has 1 saturated heterocycles. The van der Waals surface area contributed by atoms with Crippen LogP contribution in [0.4, 0.5) is 11.6 Å². The normalized spacial score (nSPS) is 16.7. The van der Waals surface area contributed by atoms with Crippen LogP contribution in [0.25, 0.3) is 0 Å². The first-order chi connectivity index (χ1) is 8.76. The van der Waals surface area contributed by atoms with E-state index in [0.29, 0.717) is 23.1 Å². The maximum atomic E-state index is 11.4. The van der Waals surface area contributed by atoms with Crippen LogP contribution in [0, 0.1) is 0 Å². The van der Waals surface area contributed by atoms with Gasteiger partial charge in [0, 0.05) is 41.9 Å². The van der Waals surface area contributed by atoms with Crippen LogP contribution >= 0.6 is 0 Å². The minimum Gasteiger partial charge on any atom is -0.490 e. The summed E-state index contributed by atoms with van der Waals surface area (Å²) in [5, 5.41) is 3.15. The minimum atomic E-state index is -0.693. The third-order valence-electron chi connectivity index (χ3n) is 2.81. The lowest BCUT2D eigenvalue weighted by Crippen LogP contribution is -2.38. The van der Waals surface area contributed by atoms with E-state index < -0.39 is 10.8 Å². The van der Waals surface area contributed by atoms with Crippen LogP contribution in [0.1, 0.15) is 6.92 Å². The first-order valence-electron chi connectivity index (χ1n) is 5.99. The standard InChI is InChI=1S/C11H18N4O2S/c1-3-12-10-9(17-2)11(14-8-13-10)15-4-6-18(16)7-5-15/h8H,3-7H2,1-2H3,(H,12,13,14). The quantitative estimate of drug-likeness (QED) is 0.858. The zero-order chi connectivity index (χ0) is 13.0. The number of hydrogen-bond acceptors (Lipinski definition) is 6. The monoisotopic (exact) mass is 270 g/mol. The highest BCUT2D eigenvalue weighted by atomic mass is 32.2. The van der Waals surface area contributed by atoms with Crippen molar-refractivity contribution in [3.63, 3.8) is 0 Å². The van der Waals surface area contributed by atoms with Crippen molar-refractivity contribution in [1.29, 1.82) is 0 Å². The van der Waals surface area contributed by atoms with E-state index in [2.05, 4.69) is 20.2 Å². The molecular weight excluding hydrogens is 252 g/mol. The van der Waals surface area contributed by atoms with Crippen LogP contribution in [0.15, 0.2) is 6.33 Å². The third kappa shape index (κ3) is 2.72. The second kappa shape index (κ2) is 5.99. The van der Waals surface area contributed by atoms with Crippen molar-refractivity contribution in [2.45, 2.75) is 6.92 Å². The van der Waals surface area contributed by atoms with Gasteiger partial charge in [0.15, 0.2) is 11.6 Å². The Morgan fingerprint density at radius 2 is 2.17 bits per heavy atom. The van der Waals surface area contributed by atoms with Crippen molar-refractivity contribution in [2.24, 2.45) is 0 Å². The fourth-order valence-corrected chi connectivity index (χ4v) is 2.97. The Bertz CT molecular complexity index is 431. The number of nitrogens with zero attached hydrogens (tertiary/aromatic N) is 3. The third-order valence-corrected chi connectivity index (χ3v) is 4.09. The number of rotatable bonds is 4. The summed E-state index contributed by atoms with van der Waals surface area (Å²) in [6, 6.07) is 0. The SMILES string of the molecule is CCNc1ncnc(N2CCS(=O)CC2)c1OC. The minimum absolute atomic E-state index is 0.659. The molecule has 2 heterocycles. The maximum absolute atomic E-state index is 11.4. The van der Waals surface area contributed by atoms with Crippen LogP contribution < -0.4 is 15.0 Å². The van der Waals surface area contributed by atoms with Crippen molar-refractivity contribution in [3.8, 4) is 5.75 Å². The molecule has 0 unspecified atom stereocenters. The van der Waals surface area contributed by atoms with Crippen molar-refractivity contribution in [3.05, 3.63) is 6.33 Å². The van der Waals surface area contributed by atoms with Gasteiger partial charge in [-0.05, 0) is 6.92 Å². The van der Waals surface area contributed by atoms with Gasteiger partial charge >= 0.3 is 0 Å². The number of methoxy groups -OCH3 is 1. The number of nitrogens with one attached hydrogen (secondary N) is 1. The fraction of sp³-hybridized carbons (Fsp3) is 0.636. The maximum Gasteiger partial charge on any atom is 0.204 e. The topological polar surface area (TPSA) is 67.4 Å². The van der Waals surface area contributed by atoms with Crippen molar-refractivity contribution >= 4 is 22.4 Å². The first kappa shape index (κ1) is 13.1. The highest BCUT2D eigenvalue weighted by molar-refractivity contribution is 7.85. The Morgan fingerprint density at radius 3 is 2.78 bits per heavy atom. The zero-order valence-electron chi connectivity index (χ0n) is 10.7. The lowest BCUT2D eigenvalue weighted by Gasteiger charge is -2.28. The van der Waals surface area contributed by atoms with Gasteiger partial charge in [-0.2, -0.15) is 0 Å². The van der Waals surface area contributed by atoms with E-state index in [0.717, 1.165) is 25.5 Å². The molecule has 1 aromatic heterocycles. The Hall–Kier alpha value is -1.37. The Kier molecular flexibility index (Phi) is 4.35. The predicted molar refractivity (Wildman–Crippen MR) is 72.8 cm³/mol. The molecule has 1 aliphatic heterocycles. The Labute approximate surface area is 109 Å². The zero-order valence-corrected chi connectivity index (χ0v) is 11.5.